The summed E-state index contributed by atoms with van der Waals surface area (Å²) in [7, 11) is 2.10. The van der Waals surface area contributed by atoms with Gasteiger partial charge in [-0.2, -0.15) is 0 Å². The minimum Gasteiger partial charge on any atom is -0.359 e. The van der Waals surface area contributed by atoms with Gasteiger partial charge < -0.3 is 4.90 Å². The molecule has 1 rings (SSSR count). The Bertz CT molecular complexity index is 383. The summed E-state index contributed by atoms with van der Waals surface area (Å²) in [5.41, 5.74) is 2.57. The third-order valence-corrected chi connectivity index (χ3v) is 3.00. The maximum Gasteiger partial charge on any atom is 0.128 e. The first kappa shape index (κ1) is 15.3. The van der Waals surface area contributed by atoms with E-state index in [2.05, 4.69) is 51.8 Å². The molecule has 0 atom stereocenters. The van der Waals surface area contributed by atoms with E-state index in [1.54, 1.807) is 0 Å². The summed E-state index contributed by atoms with van der Waals surface area (Å²) < 4.78 is 0. The highest BCUT2D eigenvalue weighted by Gasteiger charge is 2.15. The molecule has 1 heterocycles. The van der Waals surface area contributed by atoms with Crippen LogP contribution in [0.15, 0.2) is 12.1 Å². The van der Waals surface area contributed by atoms with Crippen LogP contribution in [0, 0.1) is 5.41 Å². The molecule has 102 valence electrons. The van der Waals surface area contributed by atoms with Gasteiger partial charge >= 0.3 is 0 Å². The van der Waals surface area contributed by atoms with Gasteiger partial charge in [-0.1, -0.05) is 34.1 Å². The first-order chi connectivity index (χ1) is 8.35. The summed E-state index contributed by atoms with van der Waals surface area (Å²) in [6.07, 6.45) is 2.13. The minimum absolute atomic E-state index is 0.262. The quantitative estimate of drug-likeness (QED) is 0.742. The van der Waals surface area contributed by atoms with Crippen LogP contribution in [0.25, 0.3) is 0 Å². The van der Waals surface area contributed by atoms with E-state index in [-0.39, 0.29) is 5.41 Å². The Kier molecular flexibility index (Phi) is 5.46. The maximum atomic E-state index is 5.96. The van der Waals surface area contributed by atoms with Crippen LogP contribution in [0.5, 0.6) is 0 Å². The average Bonchev–Trinajstić information content (AvgIpc) is 2.26. The number of anilines is 1. The van der Waals surface area contributed by atoms with Gasteiger partial charge in [-0.05, 0) is 29.5 Å². The Hall–Kier alpha value is -0.760. The van der Waals surface area contributed by atoms with Gasteiger partial charge in [0.05, 0.1) is 0 Å². The fraction of sp³-hybridized carbons (Fsp3) is 0.667. The van der Waals surface area contributed by atoms with E-state index < -0.39 is 0 Å². The van der Waals surface area contributed by atoms with Gasteiger partial charge in [-0.15, -0.1) is 11.6 Å². The molecular formula is C15H25ClN2. The predicted octanol–water partition coefficient (Wildman–Crippen LogP) is 4.26. The molecule has 0 aliphatic rings. The van der Waals surface area contributed by atoms with E-state index in [0.717, 1.165) is 36.5 Å². The molecule has 0 spiro atoms. The lowest BCUT2D eigenvalue weighted by Crippen LogP contribution is -2.30. The molecule has 0 aromatic carbocycles. The fourth-order valence-electron chi connectivity index (χ4n) is 2.08. The molecule has 18 heavy (non-hydrogen) atoms. The van der Waals surface area contributed by atoms with Crippen LogP contribution in [0.3, 0.4) is 0 Å². The van der Waals surface area contributed by atoms with Gasteiger partial charge in [0.15, 0.2) is 0 Å². The van der Waals surface area contributed by atoms with Crippen molar-refractivity contribution >= 4 is 17.4 Å². The van der Waals surface area contributed by atoms with Crippen molar-refractivity contribution < 1.29 is 0 Å². The summed E-state index contributed by atoms with van der Waals surface area (Å²) in [4.78, 5) is 6.94. The number of pyridine rings is 1. The van der Waals surface area contributed by atoms with Crippen LogP contribution in [-0.2, 0) is 12.3 Å². The lowest BCUT2D eigenvalue weighted by molar-refractivity contribution is 0.417. The van der Waals surface area contributed by atoms with E-state index in [4.69, 9.17) is 16.6 Å². The summed E-state index contributed by atoms with van der Waals surface area (Å²) in [6, 6.07) is 4.21. The molecule has 0 amide bonds. The summed E-state index contributed by atoms with van der Waals surface area (Å²) in [5.74, 6) is 1.59. The number of nitrogens with zero attached hydrogens (tertiary/aromatic N) is 2. The lowest BCUT2D eigenvalue weighted by Gasteiger charge is -2.28. The Morgan fingerprint density at radius 2 is 1.94 bits per heavy atom. The molecule has 1 aromatic heterocycles. The number of aryl methyl sites for hydroxylation is 1. The van der Waals surface area contributed by atoms with E-state index in [9.17, 15) is 0 Å². The third kappa shape index (κ3) is 4.85. The smallest absolute Gasteiger partial charge is 0.128 e. The largest absolute Gasteiger partial charge is 0.359 e. The van der Waals surface area contributed by atoms with E-state index in [0.29, 0.717) is 5.88 Å². The zero-order chi connectivity index (χ0) is 13.8. The Labute approximate surface area is 116 Å². The van der Waals surface area contributed by atoms with Crippen molar-refractivity contribution in [1.82, 2.24) is 4.98 Å². The predicted molar refractivity (Wildman–Crippen MR) is 80.5 cm³/mol. The number of aromatic nitrogens is 1. The summed E-state index contributed by atoms with van der Waals surface area (Å²) in [5, 5.41) is 0. The molecule has 0 aliphatic carbocycles. The van der Waals surface area contributed by atoms with Crippen LogP contribution < -0.4 is 4.90 Å². The number of halogens is 1. The van der Waals surface area contributed by atoms with Crippen LogP contribution in [-0.4, -0.2) is 18.6 Å². The van der Waals surface area contributed by atoms with Crippen LogP contribution >= 0.6 is 11.6 Å². The Morgan fingerprint density at radius 3 is 2.44 bits per heavy atom. The fourth-order valence-corrected chi connectivity index (χ4v) is 2.24. The molecule has 0 aliphatic heterocycles. The van der Waals surface area contributed by atoms with Crippen molar-refractivity contribution in [2.45, 2.75) is 46.4 Å². The average molecular weight is 269 g/mol. The van der Waals surface area contributed by atoms with E-state index in [1.165, 1.54) is 0 Å². The number of rotatable bonds is 5. The van der Waals surface area contributed by atoms with E-state index in [1.807, 2.05) is 0 Å². The molecule has 0 saturated carbocycles. The molecule has 0 N–H and O–H groups in total. The van der Waals surface area contributed by atoms with Crippen molar-refractivity contribution in [2.75, 3.05) is 18.5 Å². The molecular weight excluding hydrogens is 244 g/mol. The highest BCUT2D eigenvalue weighted by atomic mass is 35.5. The Balaban J connectivity index is 2.96. The molecule has 0 radical (unpaired) electrons. The summed E-state index contributed by atoms with van der Waals surface area (Å²) >= 11 is 5.96. The van der Waals surface area contributed by atoms with Gasteiger partial charge in [0.25, 0.3) is 0 Å². The monoisotopic (exact) mass is 268 g/mol. The Morgan fingerprint density at radius 1 is 1.28 bits per heavy atom. The third-order valence-electron chi connectivity index (χ3n) is 2.69. The van der Waals surface area contributed by atoms with Gasteiger partial charge in [0, 0.05) is 25.2 Å². The second kappa shape index (κ2) is 6.42. The van der Waals surface area contributed by atoms with Crippen LogP contribution in [0.1, 0.15) is 45.4 Å². The molecule has 2 nitrogen and oxygen atoms in total. The maximum absolute atomic E-state index is 5.96. The van der Waals surface area contributed by atoms with Crippen molar-refractivity contribution in [2.24, 2.45) is 5.41 Å². The lowest BCUT2D eigenvalue weighted by atomic mass is 9.96. The van der Waals surface area contributed by atoms with Crippen molar-refractivity contribution in [1.29, 1.82) is 0 Å². The van der Waals surface area contributed by atoms with Gasteiger partial charge in [-0.25, -0.2) is 4.98 Å². The first-order valence-electron chi connectivity index (χ1n) is 6.62. The molecule has 0 bridgehead atoms. The number of alkyl halides is 1. The molecule has 1 aromatic rings. The molecule has 3 heteroatoms. The topological polar surface area (TPSA) is 16.1 Å². The van der Waals surface area contributed by atoms with Crippen molar-refractivity contribution in [3.8, 4) is 0 Å². The second-order valence-corrected chi connectivity index (χ2v) is 6.39. The van der Waals surface area contributed by atoms with E-state index >= 15 is 0 Å². The molecule has 0 saturated heterocycles. The van der Waals surface area contributed by atoms with Crippen LogP contribution in [0.4, 0.5) is 5.82 Å². The van der Waals surface area contributed by atoms with Gasteiger partial charge in [-0.3, -0.25) is 0 Å². The second-order valence-electron chi connectivity index (χ2n) is 6.13. The zero-order valence-corrected chi connectivity index (χ0v) is 13.0. The minimum atomic E-state index is 0.262. The highest BCUT2D eigenvalue weighted by molar-refractivity contribution is 6.17. The highest BCUT2D eigenvalue weighted by Crippen LogP contribution is 2.21. The van der Waals surface area contributed by atoms with Crippen LogP contribution in [0.2, 0.25) is 0 Å². The normalized spacial score (nSPS) is 11.7. The molecule has 0 fully saturated rings. The number of hydrogen-bond acceptors (Lipinski definition) is 2. The summed E-state index contributed by atoms with van der Waals surface area (Å²) in [6.45, 7) is 9.87. The van der Waals surface area contributed by atoms with Crippen molar-refractivity contribution in [3.63, 3.8) is 0 Å². The SMILES string of the molecule is CCCc1cc(CCl)cc(N(C)CC(C)(C)C)n1. The van der Waals surface area contributed by atoms with Gasteiger partial charge in [0.2, 0.25) is 0 Å². The standard InChI is InChI=1S/C15H25ClN2/c1-6-7-13-8-12(10-16)9-14(17-13)18(5)11-15(2,3)4/h8-9H,6-7,10-11H2,1-5H3. The molecule has 0 unspecified atom stereocenters. The zero-order valence-electron chi connectivity index (χ0n) is 12.3. The van der Waals surface area contributed by atoms with Crippen molar-refractivity contribution in [3.05, 3.63) is 23.4 Å². The first-order valence-corrected chi connectivity index (χ1v) is 7.16. The number of hydrogen-bond donors (Lipinski definition) is 0. The van der Waals surface area contributed by atoms with Gasteiger partial charge in [0.1, 0.15) is 5.82 Å².